The van der Waals surface area contributed by atoms with Gasteiger partial charge in [0.25, 0.3) is 0 Å². The number of thioether (sulfide) groups is 1. The number of unbranched alkanes of at least 4 members (excludes halogenated alkanes) is 1. The van der Waals surface area contributed by atoms with Gasteiger partial charge in [-0.1, -0.05) is 39.0 Å². The first-order valence-electron chi connectivity index (χ1n) is 10.1. The van der Waals surface area contributed by atoms with Crippen molar-refractivity contribution in [1.29, 1.82) is 0 Å². The quantitative estimate of drug-likeness (QED) is 0.127. The second kappa shape index (κ2) is 17.3. The van der Waals surface area contributed by atoms with Crippen molar-refractivity contribution >= 4 is 41.7 Å². The molecule has 0 saturated carbocycles. The minimum Gasteiger partial charge on any atom is -0.381 e. The Bertz CT molecular complexity index is 538. The molecule has 0 amide bonds. The predicted molar refractivity (Wildman–Crippen MR) is 130 cm³/mol. The van der Waals surface area contributed by atoms with Crippen molar-refractivity contribution in [1.82, 2.24) is 25.4 Å². The monoisotopic (exact) mass is 526 g/mol. The Morgan fingerprint density at radius 1 is 1.14 bits per heavy atom. The fourth-order valence-corrected chi connectivity index (χ4v) is 3.13. The van der Waals surface area contributed by atoms with E-state index >= 15 is 0 Å². The molecule has 0 unspecified atom stereocenters. The highest BCUT2D eigenvalue weighted by Gasteiger charge is 2.12. The van der Waals surface area contributed by atoms with Gasteiger partial charge in [-0.15, -0.1) is 34.2 Å². The van der Waals surface area contributed by atoms with E-state index in [1.165, 1.54) is 6.42 Å². The third kappa shape index (κ3) is 11.5. The molecule has 1 aromatic rings. The SMILES string of the molecule is CCCCOCCCNC(=NC)NCCCc1nnc(SC)n1CC(C)C.I. The van der Waals surface area contributed by atoms with Crippen LogP contribution in [0.1, 0.15) is 52.3 Å². The minimum atomic E-state index is 0. The van der Waals surface area contributed by atoms with E-state index in [0.717, 1.165) is 75.5 Å². The highest BCUT2D eigenvalue weighted by atomic mass is 127. The molecule has 28 heavy (non-hydrogen) atoms. The number of aryl methyl sites for hydroxylation is 1. The van der Waals surface area contributed by atoms with Gasteiger partial charge in [0.15, 0.2) is 11.1 Å². The average Bonchev–Trinajstić information content (AvgIpc) is 3.03. The van der Waals surface area contributed by atoms with E-state index in [9.17, 15) is 0 Å². The first-order valence-corrected chi connectivity index (χ1v) is 11.3. The molecule has 0 aliphatic carbocycles. The van der Waals surface area contributed by atoms with E-state index in [0.29, 0.717) is 5.92 Å². The van der Waals surface area contributed by atoms with Gasteiger partial charge >= 0.3 is 0 Å². The summed E-state index contributed by atoms with van der Waals surface area (Å²) >= 11 is 1.66. The Hall–Kier alpha value is -0.550. The molecule has 0 aromatic carbocycles. The number of aliphatic imine (C=N–C) groups is 1. The van der Waals surface area contributed by atoms with Gasteiger partial charge in [-0.05, 0) is 31.4 Å². The van der Waals surface area contributed by atoms with E-state index in [-0.39, 0.29) is 24.0 Å². The number of hydrogen-bond acceptors (Lipinski definition) is 5. The van der Waals surface area contributed by atoms with Crippen LogP contribution in [0.2, 0.25) is 0 Å². The summed E-state index contributed by atoms with van der Waals surface area (Å²) in [4.78, 5) is 4.27. The lowest BCUT2D eigenvalue weighted by molar-refractivity contribution is 0.129. The molecule has 0 aliphatic heterocycles. The van der Waals surface area contributed by atoms with Crippen molar-refractivity contribution in [3.05, 3.63) is 5.82 Å². The molecule has 1 rings (SSSR count). The Balaban J connectivity index is 0.00000729. The number of halogens is 1. The molecular formula is C19H39IN6OS. The summed E-state index contributed by atoms with van der Waals surface area (Å²) in [7, 11) is 1.80. The zero-order valence-corrected chi connectivity index (χ0v) is 21.3. The maximum Gasteiger partial charge on any atom is 0.190 e. The molecule has 2 N–H and O–H groups in total. The van der Waals surface area contributed by atoms with Gasteiger partial charge in [-0.3, -0.25) is 4.99 Å². The van der Waals surface area contributed by atoms with Crippen molar-refractivity contribution in [2.75, 3.05) is 39.6 Å². The van der Waals surface area contributed by atoms with Gasteiger partial charge in [0, 0.05) is 46.3 Å². The lowest BCUT2D eigenvalue weighted by Gasteiger charge is -2.13. The van der Waals surface area contributed by atoms with Crippen molar-refractivity contribution in [2.45, 2.75) is 64.6 Å². The highest BCUT2D eigenvalue weighted by Crippen LogP contribution is 2.16. The lowest BCUT2D eigenvalue weighted by Crippen LogP contribution is -2.38. The third-order valence-corrected chi connectivity index (χ3v) is 4.68. The number of guanidine groups is 1. The molecule has 0 saturated heterocycles. The zero-order valence-electron chi connectivity index (χ0n) is 18.2. The molecule has 7 nitrogen and oxygen atoms in total. The largest absolute Gasteiger partial charge is 0.381 e. The van der Waals surface area contributed by atoms with Crippen molar-refractivity contribution < 1.29 is 4.74 Å². The smallest absolute Gasteiger partial charge is 0.190 e. The van der Waals surface area contributed by atoms with Crippen molar-refractivity contribution in [3.63, 3.8) is 0 Å². The van der Waals surface area contributed by atoms with Crippen LogP contribution in [0.4, 0.5) is 0 Å². The first-order chi connectivity index (χ1) is 13.1. The van der Waals surface area contributed by atoms with Crippen LogP contribution in [0.5, 0.6) is 0 Å². The van der Waals surface area contributed by atoms with Gasteiger partial charge in [0.2, 0.25) is 0 Å². The maximum atomic E-state index is 5.57. The summed E-state index contributed by atoms with van der Waals surface area (Å²) in [5, 5.41) is 16.4. The summed E-state index contributed by atoms with van der Waals surface area (Å²) in [6.07, 6.45) is 7.26. The molecule has 0 bridgehead atoms. The van der Waals surface area contributed by atoms with Crippen LogP contribution in [0, 0.1) is 5.92 Å². The first kappa shape index (κ1) is 27.5. The van der Waals surface area contributed by atoms with Gasteiger partial charge in [-0.25, -0.2) is 0 Å². The van der Waals surface area contributed by atoms with E-state index in [1.54, 1.807) is 18.8 Å². The normalized spacial score (nSPS) is 11.6. The van der Waals surface area contributed by atoms with E-state index in [4.69, 9.17) is 4.74 Å². The molecule has 164 valence electrons. The number of nitrogens with one attached hydrogen (secondary N) is 2. The second-order valence-electron chi connectivity index (χ2n) is 6.96. The van der Waals surface area contributed by atoms with E-state index in [1.807, 2.05) is 0 Å². The number of aromatic nitrogens is 3. The molecule has 0 fully saturated rings. The molecule has 1 aromatic heterocycles. The van der Waals surface area contributed by atoms with Gasteiger partial charge in [0.05, 0.1) is 0 Å². The summed E-state index contributed by atoms with van der Waals surface area (Å²) in [5.74, 6) is 2.50. The van der Waals surface area contributed by atoms with Crippen LogP contribution in [0.15, 0.2) is 10.1 Å². The van der Waals surface area contributed by atoms with Crippen LogP contribution in [-0.2, 0) is 17.7 Å². The fraction of sp³-hybridized carbons (Fsp3) is 0.842. The Morgan fingerprint density at radius 3 is 2.43 bits per heavy atom. The lowest BCUT2D eigenvalue weighted by atomic mass is 10.2. The molecule has 0 spiro atoms. The number of ether oxygens (including phenoxy) is 1. The Morgan fingerprint density at radius 2 is 1.82 bits per heavy atom. The summed E-state index contributed by atoms with van der Waals surface area (Å²) < 4.78 is 7.82. The van der Waals surface area contributed by atoms with E-state index < -0.39 is 0 Å². The molecule has 9 heteroatoms. The average molecular weight is 527 g/mol. The molecular weight excluding hydrogens is 487 g/mol. The third-order valence-electron chi connectivity index (χ3n) is 4.02. The number of hydrogen-bond donors (Lipinski definition) is 2. The van der Waals surface area contributed by atoms with Crippen LogP contribution in [0.25, 0.3) is 0 Å². The topological polar surface area (TPSA) is 76.4 Å². The van der Waals surface area contributed by atoms with Crippen LogP contribution >= 0.6 is 35.7 Å². The predicted octanol–water partition coefficient (Wildman–Crippen LogP) is 3.58. The molecule has 1 heterocycles. The Labute approximate surface area is 192 Å². The molecule has 0 aliphatic rings. The summed E-state index contributed by atoms with van der Waals surface area (Å²) in [5.41, 5.74) is 0. The Kier molecular flexibility index (Phi) is 17.0. The van der Waals surface area contributed by atoms with Gasteiger partial charge in [0.1, 0.15) is 5.82 Å². The highest BCUT2D eigenvalue weighted by molar-refractivity contribution is 14.0. The fourth-order valence-electron chi connectivity index (χ4n) is 2.61. The number of nitrogens with zero attached hydrogens (tertiary/aromatic N) is 4. The molecule has 0 radical (unpaired) electrons. The second-order valence-corrected chi connectivity index (χ2v) is 7.73. The minimum absolute atomic E-state index is 0. The van der Waals surface area contributed by atoms with Gasteiger partial charge < -0.3 is 19.9 Å². The van der Waals surface area contributed by atoms with E-state index in [2.05, 4.69) is 57.4 Å². The van der Waals surface area contributed by atoms with Crippen molar-refractivity contribution in [2.24, 2.45) is 10.9 Å². The number of rotatable bonds is 14. The zero-order chi connectivity index (χ0) is 19.9. The maximum absolute atomic E-state index is 5.57. The summed E-state index contributed by atoms with van der Waals surface area (Å²) in [6, 6.07) is 0. The summed E-state index contributed by atoms with van der Waals surface area (Å²) in [6.45, 7) is 11.0. The van der Waals surface area contributed by atoms with Crippen LogP contribution in [-0.4, -0.2) is 60.3 Å². The van der Waals surface area contributed by atoms with Crippen LogP contribution < -0.4 is 10.6 Å². The van der Waals surface area contributed by atoms with Crippen LogP contribution in [0.3, 0.4) is 0 Å². The van der Waals surface area contributed by atoms with Gasteiger partial charge in [-0.2, -0.15) is 0 Å². The standard InChI is InChI=1S/C19H38N6OS.HI/c1-6-7-13-26-14-9-12-22-18(20-4)21-11-8-10-17-23-24-19(27-5)25(17)15-16(2)3;/h16H,6-15H2,1-5H3,(H2,20,21,22);1H. The van der Waals surface area contributed by atoms with Crippen molar-refractivity contribution in [3.8, 4) is 0 Å². The molecule has 0 atom stereocenters.